The van der Waals surface area contributed by atoms with E-state index in [-0.39, 0.29) is 28.7 Å². The Labute approximate surface area is 138 Å². The Morgan fingerprint density at radius 3 is 2.81 bits per heavy atom. The zero-order valence-electron chi connectivity index (χ0n) is 11.7. The van der Waals surface area contributed by atoms with Gasteiger partial charge in [-0.3, -0.25) is 4.79 Å². The molecule has 0 aliphatic carbocycles. The number of halogens is 1. The summed E-state index contributed by atoms with van der Waals surface area (Å²) in [6.45, 7) is 1.85. The van der Waals surface area contributed by atoms with Gasteiger partial charge in [0.1, 0.15) is 0 Å². The largest absolute Gasteiger partial charge is 0.351 e. The number of carbonyl (C=O) groups is 1. The van der Waals surface area contributed by atoms with Crippen molar-refractivity contribution in [2.45, 2.75) is 30.4 Å². The van der Waals surface area contributed by atoms with Crippen LogP contribution in [0.2, 0.25) is 0 Å². The van der Waals surface area contributed by atoms with Crippen LogP contribution in [0.1, 0.15) is 18.9 Å². The summed E-state index contributed by atoms with van der Waals surface area (Å²) in [5, 5.41) is 2.63. The summed E-state index contributed by atoms with van der Waals surface area (Å²) >= 11 is 5.03. The standard InChI is InChI=1S/C14H18BrNO3S2/c1-10(20-8-11-4-2-3-5-13(11)15)14(17)16-12-6-7-21(18,19)9-12/h2-5,10,12H,6-9H2,1H3,(H,16,17)/t10-,12-/m1/s1. The fraction of sp³-hybridized carbons (Fsp3) is 0.500. The first-order valence-corrected chi connectivity index (χ1v) is 10.4. The summed E-state index contributed by atoms with van der Waals surface area (Å²) < 4.78 is 23.8. The highest BCUT2D eigenvalue weighted by molar-refractivity contribution is 9.10. The summed E-state index contributed by atoms with van der Waals surface area (Å²) in [6.07, 6.45) is 0.524. The van der Waals surface area contributed by atoms with Crippen LogP contribution < -0.4 is 5.32 Å². The van der Waals surface area contributed by atoms with Crippen LogP contribution in [0.4, 0.5) is 0 Å². The highest BCUT2D eigenvalue weighted by Gasteiger charge is 2.29. The van der Waals surface area contributed by atoms with Crippen LogP contribution in [-0.2, 0) is 20.4 Å². The van der Waals surface area contributed by atoms with E-state index in [4.69, 9.17) is 0 Å². The third kappa shape index (κ3) is 5.00. The maximum Gasteiger partial charge on any atom is 0.233 e. The van der Waals surface area contributed by atoms with E-state index in [1.807, 2.05) is 31.2 Å². The van der Waals surface area contributed by atoms with Gasteiger partial charge < -0.3 is 5.32 Å². The molecule has 1 aromatic carbocycles. The van der Waals surface area contributed by atoms with Crippen LogP contribution >= 0.6 is 27.7 Å². The molecule has 1 fully saturated rings. The van der Waals surface area contributed by atoms with Crippen molar-refractivity contribution in [2.75, 3.05) is 11.5 Å². The fourth-order valence-electron chi connectivity index (χ4n) is 2.13. The third-order valence-corrected chi connectivity index (χ3v) is 7.13. The van der Waals surface area contributed by atoms with Crippen LogP contribution in [0.25, 0.3) is 0 Å². The minimum absolute atomic E-state index is 0.0698. The number of thioether (sulfide) groups is 1. The summed E-state index contributed by atoms with van der Waals surface area (Å²) in [5.74, 6) is 0.893. The molecule has 0 aromatic heterocycles. The minimum atomic E-state index is -2.96. The number of carbonyl (C=O) groups excluding carboxylic acids is 1. The second kappa shape index (κ2) is 7.15. The van der Waals surface area contributed by atoms with Gasteiger partial charge in [0.25, 0.3) is 0 Å². The van der Waals surface area contributed by atoms with Crippen molar-refractivity contribution in [2.24, 2.45) is 0 Å². The van der Waals surface area contributed by atoms with Gasteiger partial charge in [0.2, 0.25) is 5.91 Å². The van der Waals surface area contributed by atoms with Crippen molar-refractivity contribution in [3.8, 4) is 0 Å². The van der Waals surface area contributed by atoms with Gasteiger partial charge in [0.15, 0.2) is 9.84 Å². The number of amides is 1. The van der Waals surface area contributed by atoms with E-state index in [1.54, 1.807) is 11.8 Å². The van der Waals surface area contributed by atoms with Gasteiger partial charge in [0, 0.05) is 16.3 Å². The Bertz CT molecular complexity index is 618. The smallest absolute Gasteiger partial charge is 0.233 e. The molecule has 0 unspecified atom stereocenters. The molecule has 1 aliphatic rings. The lowest BCUT2D eigenvalue weighted by molar-refractivity contribution is -0.120. The van der Waals surface area contributed by atoms with Crippen LogP contribution in [0.5, 0.6) is 0 Å². The van der Waals surface area contributed by atoms with Crippen molar-refractivity contribution >= 4 is 43.4 Å². The first-order valence-electron chi connectivity index (χ1n) is 6.73. The van der Waals surface area contributed by atoms with E-state index >= 15 is 0 Å². The topological polar surface area (TPSA) is 63.2 Å². The molecule has 0 spiro atoms. The average Bonchev–Trinajstić information content (AvgIpc) is 2.76. The van der Waals surface area contributed by atoms with Crippen LogP contribution in [0.3, 0.4) is 0 Å². The number of sulfone groups is 1. The lowest BCUT2D eigenvalue weighted by Crippen LogP contribution is -2.40. The number of hydrogen-bond acceptors (Lipinski definition) is 4. The predicted molar refractivity (Wildman–Crippen MR) is 90.1 cm³/mol. The summed E-state index contributed by atoms with van der Waals surface area (Å²) in [5.41, 5.74) is 1.14. The predicted octanol–water partition coefficient (Wildman–Crippen LogP) is 2.37. The molecule has 1 amide bonds. The van der Waals surface area contributed by atoms with E-state index in [2.05, 4.69) is 21.2 Å². The highest BCUT2D eigenvalue weighted by atomic mass is 79.9. The van der Waals surface area contributed by atoms with E-state index in [1.165, 1.54) is 0 Å². The molecule has 0 radical (unpaired) electrons. The van der Waals surface area contributed by atoms with E-state index in [0.717, 1.165) is 15.8 Å². The van der Waals surface area contributed by atoms with Crippen molar-refractivity contribution in [3.05, 3.63) is 34.3 Å². The first-order chi connectivity index (χ1) is 9.87. The molecule has 7 heteroatoms. The molecule has 21 heavy (non-hydrogen) atoms. The summed E-state index contributed by atoms with van der Waals surface area (Å²) in [4.78, 5) is 12.1. The maximum absolute atomic E-state index is 12.1. The van der Waals surface area contributed by atoms with Gasteiger partial charge in [-0.2, -0.15) is 0 Å². The number of nitrogens with one attached hydrogen (secondary N) is 1. The number of benzene rings is 1. The van der Waals surface area contributed by atoms with Crippen molar-refractivity contribution in [1.29, 1.82) is 0 Å². The Kier molecular flexibility index (Phi) is 5.73. The monoisotopic (exact) mass is 391 g/mol. The maximum atomic E-state index is 12.1. The molecule has 0 bridgehead atoms. The molecule has 2 atom stereocenters. The second-order valence-corrected chi connectivity index (χ2v) is 9.57. The van der Waals surface area contributed by atoms with Crippen molar-refractivity contribution < 1.29 is 13.2 Å². The molecular formula is C14H18BrNO3S2. The molecule has 1 heterocycles. The lowest BCUT2D eigenvalue weighted by atomic mass is 10.2. The molecule has 1 N–H and O–H groups in total. The van der Waals surface area contributed by atoms with Crippen molar-refractivity contribution in [1.82, 2.24) is 5.32 Å². The Hall–Kier alpha value is -0.530. The van der Waals surface area contributed by atoms with E-state index in [9.17, 15) is 13.2 Å². The normalized spacial score (nSPS) is 21.9. The molecule has 1 aliphatic heterocycles. The lowest BCUT2D eigenvalue weighted by Gasteiger charge is -2.16. The Morgan fingerprint density at radius 2 is 2.19 bits per heavy atom. The van der Waals surface area contributed by atoms with Gasteiger partial charge in [-0.15, -0.1) is 11.8 Å². The number of rotatable bonds is 5. The van der Waals surface area contributed by atoms with Gasteiger partial charge in [-0.05, 0) is 25.0 Å². The molecule has 1 aromatic rings. The Morgan fingerprint density at radius 1 is 1.48 bits per heavy atom. The second-order valence-electron chi connectivity index (χ2n) is 5.15. The van der Waals surface area contributed by atoms with Gasteiger partial charge in [0.05, 0.1) is 16.8 Å². The highest BCUT2D eigenvalue weighted by Crippen LogP contribution is 2.24. The Balaban J connectivity index is 1.82. The molecule has 2 rings (SSSR count). The van der Waals surface area contributed by atoms with Gasteiger partial charge in [-0.25, -0.2) is 8.42 Å². The van der Waals surface area contributed by atoms with Gasteiger partial charge >= 0.3 is 0 Å². The van der Waals surface area contributed by atoms with E-state index < -0.39 is 9.84 Å². The molecule has 116 valence electrons. The zero-order chi connectivity index (χ0) is 15.5. The molecule has 1 saturated heterocycles. The minimum Gasteiger partial charge on any atom is -0.351 e. The van der Waals surface area contributed by atoms with Crippen LogP contribution in [-0.4, -0.2) is 37.1 Å². The summed E-state index contributed by atoms with van der Waals surface area (Å²) in [7, 11) is -2.96. The van der Waals surface area contributed by atoms with E-state index in [0.29, 0.717) is 6.42 Å². The average molecular weight is 392 g/mol. The molecular weight excluding hydrogens is 374 g/mol. The van der Waals surface area contributed by atoms with Crippen molar-refractivity contribution in [3.63, 3.8) is 0 Å². The SMILES string of the molecule is C[C@@H](SCc1ccccc1Br)C(=O)N[C@@H]1CCS(=O)(=O)C1. The van der Waals surface area contributed by atoms with Crippen LogP contribution in [0.15, 0.2) is 28.7 Å². The number of hydrogen-bond donors (Lipinski definition) is 1. The molecule has 4 nitrogen and oxygen atoms in total. The quantitative estimate of drug-likeness (QED) is 0.836. The first kappa shape index (κ1) is 16.8. The third-order valence-electron chi connectivity index (χ3n) is 3.39. The van der Waals surface area contributed by atoms with Gasteiger partial charge in [-0.1, -0.05) is 34.1 Å². The molecule has 0 saturated carbocycles. The van der Waals surface area contributed by atoms with Crippen LogP contribution in [0, 0.1) is 0 Å². The zero-order valence-corrected chi connectivity index (χ0v) is 14.9. The fourth-order valence-corrected chi connectivity index (χ4v) is 5.32. The summed E-state index contributed by atoms with van der Waals surface area (Å²) in [6, 6.07) is 7.69.